The predicted octanol–water partition coefficient (Wildman–Crippen LogP) is 8.67. The minimum Gasteiger partial charge on any atom is -0.462 e. The van der Waals surface area contributed by atoms with Crippen LogP contribution in [-0.2, 0) is 32.7 Å². The molecule has 1 saturated carbocycles. The van der Waals surface area contributed by atoms with Crippen molar-refractivity contribution in [1.29, 1.82) is 0 Å². The fourth-order valence-electron chi connectivity index (χ4n) is 7.11. The molecule has 6 N–H and O–H groups in total. The summed E-state index contributed by atoms with van der Waals surface area (Å²) in [5.74, 6) is -1.10. The van der Waals surface area contributed by atoms with Crippen LogP contribution >= 0.6 is 7.82 Å². The molecule has 342 valence electrons. The predicted molar refractivity (Wildman–Crippen MR) is 226 cm³/mol. The molecule has 58 heavy (non-hydrogen) atoms. The summed E-state index contributed by atoms with van der Waals surface area (Å²) in [6.07, 6.45) is 22.7. The van der Waals surface area contributed by atoms with Crippen molar-refractivity contribution in [3.05, 3.63) is 12.2 Å². The van der Waals surface area contributed by atoms with Crippen LogP contribution in [0.1, 0.15) is 200 Å². The molecule has 0 aromatic carbocycles. The topological polar surface area (TPSA) is 210 Å². The van der Waals surface area contributed by atoms with Gasteiger partial charge < -0.3 is 39.9 Å². The molecule has 1 rings (SSSR count). The SMILES string of the molecule is CCCCCCCC/C=C\CCCCCCCCCC(=O)OC(COC(=O)CCCCCCCCCCCCCC)COP(=O)(O)OC1C(O)C(O)C(O)C(O)C1O. The van der Waals surface area contributed by atoms with Gasteiger partial charge in [0.2, 0.25) is 0 Å². The van der Waals surface area contributed by atoms with Gasteiger partial charge in [0.1, 0.15) is 43.2 Å². The monoisotopic (exact) mass is 851 g/mol. The molecule has 0 spiro atoms. The Hall–Kier alpha value is -1.41. The molecule has 0 heterocycles. The van der Waals surface area contributed by atoms with Gasteiger partial charge in [-0.25, -0.2) is 4.57 Å². The van der Waals surface area contributed by atoms with Crippen molar-refractivity contribution in [1.82, 2.24) is 0 Å². The van der Waals surface area contributed by atoms with E-state index in [1.165, 1.54) is 109 Å². The highest BCUT2D eigenvalue weighted by atomic mass is 31.2. The molecule has 1 aliphatic rings. The highest BCUT2D eigenvalue weighted by Gasteiger charge is 2.51. The second-order valence-electron chi connectivity index (χ2n) is 16.3. The first kappa shape index (κ1) is 54.6. The van der Waals surface area contributed by atoms with Crippen molar-refractivity contribution in [3.8, 4) is 0 Å². The first-order chi connectivity index (χ1) is 27.9. The van der Waals surface area contributed by atoms with Gasteiger partial charge in [0.25, 0.3) is 0 Å². The summed E-state index contributed by atoms with van der Waals surface area (Å²) in [5.41, 5.74) is 0. The van der Waals surface area contributed by atoms with Crippen LogP contribution in [-0.4, -0.2) is 98.3 Å². The van der Waals surface area contributed by atoms with E-state index < -0.39 is 75.7 Å². The number of aliphatic hydroxyl groups excluding tert-OH is 5. The zero-order chi connectivity index (χ0) is 42.9. The molecular formula is C44H83O13P. The van der Waals surface area contributed by atoms with Crippen LogP contribution in [0.25, 0.3) is 0 Å². The van der Waals surface area contributed by atoms with Gasteiger partial charge in [-0.05, 0) is 38.5 Å². The number of hydrogen-bond acceptors (Lipinski definition) is 12. The molecular weight excluding hydrogens is 767 g/mol. The van der Waals surface area contributed by atoms with Gasteiger partial charge in [-0.3, -0.25) is 18.6 Å². The first-order valence-electron chi connectivity index (χ1n) is 23.0. The molecule has 0 aromatic heterocycles. The quantitative estimate of drug-likeness (QED) is 0.0149. The molecule has 13 nitrogen and oxygen atoms in total. The van der Waals surface area contributed by atoms with E-state index in [9.17, 15) is 44.6 Å². The molecule has 6 unspecified atom stereocenters. The second-order valence-corrected chi connectivity index (χ2v) is 17.7. The number of hydrogen-bond donors (Lipinski definition) is 6. The van der Waals surface area contributed by atoms with Gasteiger partial charge in [0, 0.05) is 12.8 Å². The second kappa shape index (κ2) is 35.2. The number of unbranched alkanes of at least 4 members (excludes halogenated alkanes) is 24. The minimum absolute atomic E-state index is 0.0958. The number of carbonyl (C=O) groups is 2. The molecule has 0 radical (unpaired) electrons. The largest absolute Gasteiger partial charge is 0.472 e. The van der Waals surface area contributed by atoms with E-state index in [0.717, 1.165) is 51.4 Å². The van der Waals surface area contributed by atoms with Crippen LogP contribution in [0.3, 0.4) is 0 Å². The van der Waals surface area contributed by atoms with Gasteiger partial charge in [-0.1, -0.05) is 161 Å². The van der Waals surface area contributed by atoms with E-state index in [-0.39, 0.29) is 12.8 Å². The van der Waals surface area contributed by atoms with E-state index in [4.69, 9.17) is 18.5 Å². The normalized spacial score (nSPS) is 22.6. The van der Waals surface area contributed by atoms with Crippen molar-refractivity contribution in [3.63, 3.8) is 0 Å². The van der Waals surface area contributed by atoms with Gasteiger partial charge in [0.05, 0.1) is 6.61 Å². The lowest BCUT2D eigenvalue weighted by Crippen LogP contribution is -2.64. The standard InChI is InChI=1S/C44H83O13P/c1-3-5-7-9-11-13-15-17-18-19-20-21-23-25-27-29-31-33-38(46)56-36(34-54-37(45)32-30-28-26-24-22-16-14-12-10-8-6-4-2)35-55-58(52,53)57-44-42(50)40(48)39(47)41(49)43(44)51/h17-18,36,39-44,47-51H,3-16,19-35H2,1-2H3,(H,52,53)/b18-17-. The third-order valence-electron chi connectivity index (χ3n) is 10.9. The Bertz CT molecular complexity index is 1080. The van der Waals surface area contributed by atoms with Gasteiger partial charge in [-0.15, -0.1) is 0 Å². The number of aliphatic hydroxyl groups is 5. The lowest BCUT2D eigenvalue weighted by Gasteiger charge is -2.41. The Labute approximate surface area is 350 Å². The Balaban J connectivity index is 2.45. The number of carbonyl (C=O) groups excluding carboxylic acids is 2. The third-order valence-corrected chi connectivity index (χ3v) is 11.8. The third kappa shape index (κ3) is 27.4. The Morgan fingerprint density at radius 1 is 0.517 bits per heavy atom. The van der Waals surface area contributed by atoms with Crippen molar-refractivity contribution in [2.75, 3.05) is 13.2 Å². The highest BCUT2D eigenvalue weighted by Crippen LogP contribution is 2.47. The molecule has 6 atom stereocenters. The van der Waals surface area contributed by atoms with Crippen molar-refractivity contribution in [2.45, 2.75) is 243 Å². The fraction of sp³-hybridized carbons (Fsp3) is 0.909. The number of phosphoric ester groups is 1. The van der Waals surface area contributed by atoms with Crippen LogP contribution in [0.4, 0.5) is 0 Å². The van der Waals surface area contributed by atoms with E-state index in [1.54, 1.807) is 0 Å². The smallest absolute Gasteiger partial charge is 0.462 e. The van der Waals surface area contributed by atoms with Gasteiger partial charge >= 0.3 is 19.8 Å². The molecule has 0 saturated heterocycles. The minimum atomic E-state index is -5.11. The molecule has 1 aliphatic carbocycles. The summed E-state index contributed by atoms with van der Waals surface area (Å²) in [6.45, 7) is 3.29. The molecule has 0 aliphatic heterocycles. The van der Waals surface area contributed by atoms with Crippen LogP contribution in [0, 0.1) is 0 Å². The lowest BCUT2D eigenvalue weighted by atomic mass is 9.85. The maximum atomic E-state index is 12.8. The fourth-order valence-corrected chi connectivity index (χ4v) is 8.08. The Kier molecular flexibility index (Phi) is 33.2. The lowest BCUT2D eigenvalue weighted by molar-refractivity contribution is -0.220. The van der Waals surface area contributed by atoms with E-state index >= 15 is 0 Å². The molecule has 0 bridgehead atoms. The average molecular weight is 851 g/mol. The first-order valence-corrected chi connectivity index (χ1v) is 24.5. The number of rotatable bonds is 38. The van der Waals surface area contributed by atoms with E-state index in [1.807, 2.05) is 0 Å². The van der Waals surface area contributed by atoms with Gasteiger partial charge in [-0.2, -0.15) is 0 Å². The summed E-state index contributed by atoms with van der Waals surface area (Å²) in [4.78, 5) is 35.6. The van der Waals surface area contributed by atoms with Crippen molar-refractivity contribution < 1.29 is 63.1 Å². The van der Waals surface area contributed by atoms with Crippen LogP contribution < -0.4 is 0 Å². The summed E-state index contributed by atoms with van der Waals surface area (Å²) >= 11 is 0. The van der Waals surface area contributed by atoms with Crippen LogP contribution in [0.5, 0.6) is 0 Å². The maximum absolute atomic E-state index is 12.8. The summed E-state index contributed by atoms with van der Waals surface area (Å²) in [5, 5.41) is 50.1. The Morgan fingerprint density at radius 2 is 0.879 bits per heavy atom. The summed E-state index contributed by atoms with van der Waals surface area (Å²) in [7, 11) is -5.11. The van der Waals surface area contributed by atoms with E-state index in [2.05, 4.69) is 26.0 Å². The molecule has 0 amide bonds. The highest BCUT2D eigenvalue weighted by molar-refractivity contribution is 7.47. The number of esters is 2. The van der Waals surface area contributed by atoms with Crippen LogP contribution in [0.15, 0.2) is 12.2 Å². The van der Waals surface area contributed by atoms with Crippen molar-refractivity contribution >= 4 is 19.8 Å². The molecule has 14 heteroatoms. The van der Waals surface area contributed by atoms with Crippen LogP contribution in [0.2, 0.25) is 0 Å². The average Bonchev–Trinajstić information content (AvgIpc) is 3.20. The van der Waals surface area contributed by atoms with E-state index in [0.29, 0.717) is 12.8 Å². The molecule has 0 aromatic rings. The van der Waals surface area contributed by atoms with Gasteiger partial charge in [0.15, 0.2) is 6.10 Å². The number of phosphoric acid groups is 1. The maximum Gasteiger partial charge on any atom is 0.472 e. The number of ether oxygens (including phenoxy) is 2. The zero-order valence-corrected chi connectivity index (χ0v) is 37.0. The summed E-state index contributed by atoms with van der Waals surface area (Å²) in [6, 6.07) is 0. The number of allylic oxidation sites excluding steroid dienone is 2. The zero-order valence-electron chi connectivity index (χ0n) is 36.1. The molecule has 1 fully saturated rings. The summed E-state index contributed by atoms with van der Waals surface area (Å²) < 4.78 is 33.5. The van der Waals surface area contributed by atoms with Crippen molar-refractivity contribution in [2.24, 2.45) is 0 Å². The Morgan fingerprint density at radius 3 is 1.31 bits per heavy atom.